The van der Waals surface area contributed by atoms with Gasteiger partial charge in [0.1, 0.15) is 0 Å². The van der Waals surface area contributed by atoms with Gasteiger partial charge in [-0.1, -0.05) is 12.1 Å². The van der Waals surface area contributed by atoms with Crippen molar-refractivity contribution in [3.63, 3.8) is 0 Å². The second kappa shape index (κ2) is 5.44. The molecule has 0 unspecified atom stereocenters. The molecule has 96 valence electrons. The molecule has 2 rings (SSSR count). The van der Waals surface area contributed by atoms with Gasteiger partial charge in [-0.25, -0.2) is 0 Å². The van der Waals surface area contributed by atoms with E-state index in [1.165, 1.54) is 6.92 Å². The minimum Gasteiger partial charge on any atom is -0.341 e. The molecule has 0 aromatic heterocycles. The molecule has 1 heterocycles. The first-order chi connectivity index (χ1) is 8.61. The molecule has 4 nitrogen and oxygen atoms in total. The van der Waals surface area contributed by atoms with Crippen molar-refractivity contribution in [2.24, 2.45) is 5.92 Å². The summed E-state index contributed by atoms with van der Waals surface area (Å²) in [4.78, 5) is 25.7. The Bertz CT molecular complexity index is 470. The Hall–Kier alpha value is -1.49. The van der Waals surface area contributed by atoms with Crippen LogP contribution in [0.15, 0.2) is 29.2 Å². The molecule has 0 radical (unpaired) electrons. The van der Waals surface area contributed by atoms with Gasteiger partial charge in [-0.3, -0.25) is 9.59 Å². The maximum atomic E-state index is 12.0. The Kier molecular flexibility index (Phi) is 3.91. The van der Waals surface area contributed by atoms with E-state index in [1.54, 1.807) is 16.7 Å². The van der Waals surface area contributed by atoms with Crippen LogP contribution in [0, 0.1) is 5.92 Å². The van der Waals surface area contributed by atoms with E-state index < -0.39 is 0 Å². The molecule has 1 fully saturated rings. The molecule has 0 aliphatic carbocycles. The van der Waals surface area contributed by atoms with Gasteiger partial charge in [0.25, 0.3) is 0 Å². The minimum atomic E-state index is -0.0798. The molecule has 0 spiro atoms. The smallest absolute Gasteiger partial charge is 0.231 e. The fourth-order valence-corrected chi connectivity index (χ4v) is 2.44. The number of thioether (sulfide) groups is 1. The molecule has 1 N–H and O–H groups in total. The minimum absolute atomic E-state index is 0.00556. The molecule has 2 amide bonds. The lowest BCUT2D eigenvalue weighted by molar-refractivity contribution is -0.139. The van der Waals surface area contributed by atoms with Crippen molar-refractivity contribution in [1.82, 2.24) is 4.90 Å². The topological polar surface area (TPSA) is 49.4 Å². The van der Waals surface area contributed by atoms with Crippen LogP contribution in [0.3, 0.4) is 0 Å². The lowest BCUT2D eigenvalue weighted by Crippen LogP contribution is -2.53. The van der Waals surface area contributed by atoms with Crippen LogP contribution in [-0.2, 0) is 9.59 Å². The summed E-state index contributed by atoms with van der Waals surface area (Å²) < 4.78 is 0. The zero-order valence-electron chi connectivity index (χ0n) is 10.5. The molecule has 1 aliphatic rings. The predicted octanol–water partition coefficient (Wildman–Crippen LogP) is 1.83. The summed E-state index contributed by atoms with van der Waals surface area (Å²) in [5.74, 6) is -0.0543. The number of nitrogens with zero attached hydrogens (tertiary/aromatic N) is 1. The van der Waals surface area contributed by atoms with E-state index in [1.807, 2.05) is 30.5 Å². The van der Waals surface area contributed by atoms with Crippen molar-refractivity contribution in [2.45, 2.75) is 11.8 Å². The van der Waals surface area contributed by atoms with Gasteiger partial charge in [-0.15, -0.1) is 11.8 Å². The van der Waals surface area contributed by atoms with Crippen molar-refractivity contribution in [1.29, 1.82) is 0 Å². The largest absolute Gasteiger partial charge is 0.341 e. The van der Waals surface area contributed by atoms with Crippen molar-refractivity contribution in [3.05, 3.63) is 24.3 Å². The average Bonchev–Trinajstić information content (AvgIpc) is 2.27. The van der Waals surface area contributed by atoms with Crippen molar-refractivity contribution >= 4 is 29.3 Å². The maximum Gasteiger partial charge on any atom is 0.231 e. The molecule has 18 heavy (non-hydrogen) atoms. The summed E-state index contributed by atoms with van der Waals surface area (Å²) in [6, 6.07) is 7.72. The van der Waals surface area contributed by atoms with Crippen LogP contribution >= 0.6 is 11.8 Å². The Morgan fingerprint density at radius 2 is 2.00 bits per heavy atom. The van der Waals surface area contributed by atoms with Crippen LogP contribution < -0.4 is 5.32 Å². The average molecular weight is 264 g/mol. The number of anilines is 1. The van der Waals surface area contributed by atoms with Gasteiger partial charge in [0.05, 0.1) is 11.6 Å². The number of nitrogens with one attached hydrogen (secondary N) is 1. The molecule has 0 saturated carbocycles. The molecule has 1 aromatic carbocycles. The highest BCUT2D eigenvalue weighted by atomic mass is 32.2. The molecule has 1 saturated heterocycles. The third-order valence-corrected chi connectivity index (χ3v) is 3.86. The van der Waals surface area contributed by atoms with Gasteiger partial charge in [0, 0.05) is 24.9 Å². The number of rotatable bonds is 3. The van der Waals surface area contributed by atoms with E-state index in [4.69, 9.17) is 0 Å². The molecule has 0 atom stereocenters. The van der Waals surface area contributed by atoms with Gasteiger partial charge in [-0.2, -0.15) is 0 Å². The summed E-state index contributed by atoms with van der Waals surface area (Å²) in [5.41, 5.74) is 0.844. The third-order valence-electron chi connectivity index (χ3n) is 3.06. The van der Waals surface area contributed by atoms with Gasteiger partial charge in [-0.05, 0) is 18.4 Å². The zero-order chi connectivity index (χ0) is 13.1. The maximum absolute atomic E-state index is 12.0. The number of amides is 2. The Labute approximate surface area is 111 Å². The highest BCUT2D eigenvalue weighted by Gasteiger charge is 2.34. The summed E-state index contributed by atoms with van der Waals surface area (Å²) in [7, 11) is 0. The van der Waals surface area contributed by atoms with Gasteiger partial charge in [0.2, 0.25) is 11.8 Å². The van der Waals surface area contributed by atoms with E-state index in [0.29, 0.717) is 13.1 Å². The van der Waals surface area contributed by atoms with Crippen molar-refractivity contribution < 1.29 is 9.59 Å². The van der Waals surface area contributed by atoms with E-state index in [9.17, 15) is 9.59 Å². The second-order valence-electron chi connectivity index (χ2n) is 4.31. The Balaban J connectivity index is 1.94. The van der Waals surface area contributed by atoms with Gasteiger partial charge >= 0.3 is 0 Å². The Morgan fingerprint density at radius 1 is 1.33 bits per heavy atom. The number of likely N-dealkylation sites (tertiary alicyclic amines) is 1. The molecule has 1 aliphatic heterocycles. The third kappa shape index (κ3) is 2.67. The number of carbonyl (C=O) groups is 2. The standard InChI is InChI=1S/C13H16N2O2S/c1-9(16)15-7-10(8-15)13(17)14-11-5-3-4-6-12(11)18-2/h3-6,10H,7-8H2,1-2H3,(H,14,17). The van der Waals surface area contributed by atoms with Crippen LogP contribution in [0.2, 0.25) is 0 Å². The van der Waals surface area contributed by atoms with E-state index in [0.717, 1.165) is 10.6 Å². The highest BCUT2D eigenvalue weighted by molar-refractivity contribution is 7.98. The number of benzene rings is 1. The predicted molar refractivity (Wildman–Crippen MR) is 72.6 cm³/mol. The van der Waals surface area contributed by atoms with E-state index >= 15 is 0 Å². The quantitative estimate of drug-likeness (QED) is 0.847. The summed E-state index contributed by atoms with van der Waals surface area (Å²) in [6.45, 7) is 2.59. The first-order valence-electron chi connectivity index (χ1n) is 5.81. The van der Waals surface area contributed by atoms with E-state index in [2.05, 4.69) is 5.32 Å². The molecule has 0 bridgehead atoms. The van der Waals surface area contributed by atoms with Crippen LogP contribution in [0.4, 0.5) is 5.69 Å². The summed E-state index contributed by atoms with van der Waals surface area (Å²) in [5, 5.41) is 2.93. The normalized spacial score (nSPS) is 15.1. The number of hydrogen-bond acceptors (Lipinski definition) is 3. The lowest BCUT2D eigenvalue weighted by Gasteiger charge is -2.37. The van der Waals surface area contributed by atoms with Crippen LogP contribution in [-0.4, -0.2) is 36.1 Å². The molecule has 1 aromatic rings. The lowest BCUT2D eigenvalue weighted by atomic mass is 9.99. The van der Waals surface area contributed by atoms with Crippen molar-refractivity contribution in [2.75, 3.05) is 24.7 Å². The molecular weight excluding hydrogens is 248 g/mol. The SMILES string of the molecule is CSc1ccccc1NC(=O)C1CN(C(C)=O)C1. The summed E-state index contributed by atoms with van der Waals surface area (Å²) >= 11 is 1.60. The molecular formula is C13H16N2O2S. The van der Waals surface area contributed by atoms with Crippen LogP contribution in [0.1, 0.15) is 6.92 Å². The fraction of sp³-hybridized carbons (Fsp3) is 0.385. The highest BCUT2D eigenvalue weighted by Crippen LogP contribution is 2.26. The monoisotopic (exact) mass is 264 g/mol. The summed E-state index contributed by atoms with van der Waals surface area (Å²) in [6.07, 6.45) is 1.98. The Morgan fingerprint density at radius 3 is 2.61 bits per heavy atom. The number of para-hydroxylation sites is 1. The van der Waals surface area contributed by atoms with Crippen molar-refractivity contribution in [3.8, 4) is 0 Å². The fourth-order valence-electron chi connectivity index (χ4n) is 1.88. The van der Waals surface area contributed by atoms with E-state index in [-0.39, 0.29) is 17.7 Å². The van der Waals surface area contributed by atoms with Crippen LogP contribution in [0.5, 0.6) is 0 Å². The molecule has 5 heteroatoms. The first kappa shape index (κ1) is 13.0. The van der Waals surface area contributed by atoms with Gasteiger partial charge < -0.3 is 10.2 Å². The number of hydrogen-bond donors (Lipinski definition) is 1. The van der Waals surface area contributed by atoms with Crippen LogP contribution in [0.25, 0.3) is 0 Å². The second-order valence-corrected chi connectivity index (χ2v) is 5.16. The number of carbonyl (C=O) groups excluding carboxylic acids is 2. The zero-order valence-corrected chi connectivity index (χ0v) is 11.3. The first-order valence-corrected chi connectivity index (χ1v) is 7.03. The van der Waals surface area contributed by atoms with Gasteiger partial charge in [0.15, 0.2) is 0 Å².